The normalized spacial score (nSPS) is 11.2. The van der Waals surface area contributed by atoms with Crippen LogP contribution in [-0.4, -0.2) is 18.3 Å². The molecule has 0 aliphatic rings. The fourth-order valence-electron chi connectivity index (χ4n) is 1.86. The second-order valence-electron chi connectivity index (χ2n) is 4.44. The summed E-state index contributed by atoms with van der Waals surface area (Å²) in [7, 11) is 0. The molecule has 1 aromatic heterocycles. The molecule has 0 aliphatic heterocycles. The number of rotatable bonds is 5. The lowest BCUT2D eigenvalue weighted by atomic mass is 10.1. The third-order valence-corrected chi connectivity index (χ3v) is 2.99. The van der Waals surface area contributed by atoms with Gasteiger partial charge in [-0.2, -0.15) is 0 Å². The lowest BCUT2D eigenvalue weighted by Gasteiger charge is -1.99. The maximum Gasteiger partial charge on any atom is 0.134 e. The highest BCUT2D eigenvalue weighted by atomic mass is 16.3. The Balaban J connectivity index is 2.09. The minimum absolute atomic E-state index is 0.228. The van der Waals surface area contributed by atoms with Crippen molar-refractivity contribution in [2.75, 3.05) is 13.2 Å². The van der Waals surface area contributed by atoms with Gasteiger partial charge < -0.3 is 14.8 Å². The Labute approximate surface area is 101 Å². The van der Waals surface area contributed by atoms with Crippen molar-refractivity contribution in [2.45, 2.75) is 26.8 Å². The number of hydrogen-bond acceptors (Lipinski definition) is 3. The molecule has 0 amide bonds. The highest BCUT2D eigenvalue weighted by molar-refractivity contribution is 5.79. The van der Waals surface area contributed by atoms with Gasteiger partial charge in [0.2, 0.25) is 0 Å². The fraction of sp³-hybridized carbons (Fsp3) is 0.429. The van der Waals surface area contributed by atoms with Crippen LogP contribution in [0.15, 0.2) is 22.6 Å². The Morgan fingerprint density at radius 3 is 2.71 bits per heavy atom. The molecule has 2 rings (SSSR count). The zero-order valence-electron chi connectivity index (χ0n) is 10.4. The highest BCUT2D eigenvalue weighted by Gasteiger charge is 2.05. The number of benzene rings is 1. The van der Waals surface area contributed by atoms with E-state index >= 15 is 0 Å². The first kappa shape index (κ1) is 12.1. The van der Waals surface area contributed by atoms with Crippen molar-refractivity contribution in [3.8, 4) is 0 Å². The van der Waals surface area contributed by atoms with Crippen LogP contribution >= 0.6 is 0 Å². The summed E-state index contributed by atoms with van der Waals surface area (Å²) in [5.74, 6) is 0.947. The molecule has 2 aromatic rings. The smallest absolute Gasteiger partial charge is 0.134 e. The van der Waals surface area contributed by atoms with Gasteiger partial charge in [-0.25, -0.2) is 0 Å². The largest absolute Gasteiger partial charge is 0.460 e. The Bertz CT molecular complexity index is 463. The van der Waals surface area contributed by atoms with Crippen molar-refractivity contribution in [1.29, 1.82) is 0 Å². The minimum Gasteiger partial charge on any atom is -0.460 e. The van der Waals surface area contributed by atoms with Gasteiger partial charge in [-0.15, -0.1) is 0 Å². The first-order chi connectivity index (χ1) is 8.20. The van der Waals surface area contributed by atoms with Crippen LogP contribution < -0.4 is 5.32 Å². The Morgan fingerprint density at radius 1 is 1.18 bits per heavy atom. The zero-order chi connectivity index (χ0) is 12.3. The van der Waals surface area contributed by atoms with E-state index in [-0.39, 0.29) is 6.61 Å². The molecule has 0 fully saturated rings. The van der Waals surface area contributed by atoms with Gasteiger partial charge >= 0.3 is 0 Å². The second-order valence-corrected chi connectivity index (χ2v) is 4.44. The number of nitrogens with one attached hydrogen (secondary N) is 1. The van der Waals surface area contributed by atoms with Gasteiger partial charge in [0.1, 0.15) is 11.3 Å². The number of fused-ring (bicyclic) bond motifs is 1. The van der Waals surface area contributed by atoms with Crippen molar-refractivity contribution in [1.82, 2.24) is 5.32 Å². The molecule has 0 spiro atoms. The second kappa shape index (κ2) is 5.34. The topological polar surface area (TPSA) is 45.4 Å². The molecule has 3 heteroatoms. The van der Waals surface area contributed by atoms with Gasteiger partial charge in [0.15, 0.2) is 0 Å². The third kappa shape index (κ3) is 2.87. The van der Waals surface area contributed by atoms with E-state index in [0.29, 0.717) is 6.54 Å². The molecule has 0 saturated heterocycles. The molecule has 92 valence electrons. The Kier molecular flexibility index (Phi) is 3.82. The van der Waals surface area contributed by atoms with Crippen LogP contribution in [0.25, 0.3) is 11.0 Å². The molecule has 17 heavy (non-hydrogen) atoms. The summed E-state index contributed by atoms with van der Waals surface area (Å²) in [5.41, 5.74) is 3.50. The van der Waals surface area contributed by atoms with E-state index in [1.54, 1.807) is 0 Å². The number of aliphatic hydroxyl groups excluding tert-OH is 1. The van der Waals surface area contributed by atoms with E-state index in [0.717, 1.165) is 29.7 Å². The third-order valence-electron chi connectivity index (χ3n) is 2.99. The van der Waals surface area contributed by atoms with E-state index in [9.17, 15) is 0 Å². The first-order valence-corrected chi connectivity index (χ1v) is 6.02. The van der Waals surface area contributed by atoms with Crippen LogP contribution in [0.1, 0.15) is 23.3 Å². The van der Waals surface area contributed by atoms with Crippen LogP contribution in [0.3, 0.4) is 0 Å². The molecule has 0 atom stereocenters. The lowest BCUT2D eigenvalue weighted by Crippen LogP contribution is -2.15. The summed E-state index contributed by atoms with van der Waals surface area (Å²) >= 11 is 0. The summed E-state index contributed by atoms with van der Waals surface area (Å²) < 4.78 is 5.76. The predicted molar refractivity (Wildman–Crippen MR) is 69.1 cm³/mol. The van der Waals surface area contributed by atoms with E-state index in [4.69, 9.17) is 9.52 Å². The van der Waals surface area contributed by atoms with Crippen molar-refractivity contribution >= 4 is 11.0 Å². The van der Waals surface area contributed by atoms with Crippen molar-refractivity contribution < 1.29 is 9.52 Å². The fourth-order valence-corrected chi connectivity index (χ4v) is 1.86. The van der Waals surface area contributed by atoms with Crippen molar-refractivity contribution in [2.24, 2.45) is 0 Å². The number of aliphatic hydroxyl groups is 1. The standard InChI is InChI=1S/C14H19NO2/c1-10-6-12-8-13(9-15-4-3-5-16)17-14(12)7-11(10)2/h6-8,15-16H,3-5,9H2,1-2H3. The summed E-state index contributed by atoms with van der Waals surface area (Å²) in [6.07, 6.45) is 0.776. The van der Waals surface area contributed by atoms with Crippen LogP contribution in [0.2, 0.25) is 0 Å². The molecule has 0 bridgehead atoms. The van der Waals surface area contributed by atoms with E-state index in [1.165, 1.54) is 11.1 Å². The molecule has 3 nitrogen and oxygen atoms in total. The van der Waals surface area contributed by atoms with Crippen LogP contribution in [0.4, 0.5) is 0 Å². The van der Waals surface area contributed by atoms with Gasteiger partial charge in [0.25, 0.3) is 0 Å². The van der Waals surface area contributed by atoms with Gasteiger partial charge in [-0.1, -0.05) is 0 Å². The Morgan fingerprint density at radius 2 is 1.94 bits per heavy atom. The van der Waals surface area contributed by atoms with Gasteiger partial charge in [-0.3, -0.25) is 0 Å². The monoisotopic (exact) mass is 233 g/mol. The molecule has 0 unspecified atom stereocenters. The maximum atomic E-state index is 8.68. The van der Waals surface area contributed by atoms with Crippen LogP contribution in [-0.2, 0) is 6.54 Å². The van der Waals surface area contributed by atoms with Crippen molar-refractivity contribution in [3.05, 3.63) is 35.1 Å². The number of aryl methyl sites for hydroxylation is 2. The Hall–Kier alpha value is -1.32. The van der Waals surface area contributed by atoms with Gasteiger partial charge in [0.05, 0.1) is 6.54 Å². The number of furan rings is 1. The molecule has 1 aromatic carbocycles. The van der Waals surface area contributed by atoms with Crippen LogP contribution in [0.5, 0.6) is 0 Å². The molecular formula is C14H19NO2. The van der Waals surface area contributed by atoms with Crippen molar-refractivity contribution in [3.63, 3.8) is 0 Å². The van der Waals surface area contributed by atoms with E-state index in [2.05, 4.69) is 37.4 Å². The average Bonchev–Trinajstić information content (AvgIpc) is 2.67. The SMILES string of the molecule is Cc1cc2cc(CNCCCO)oc2cc1C. The zero-order valence-corrected chi connectivity index (χ0v) is 10.4. The maximum absolute atomic E-state index is 8.68. The van der Waals surface area contributed by atoms with E-state index in [1.807, 2.05) is 0 Å². The first-order valence-electron chi connectivity index (χ1n) is 6.02. The number of hydrogen-bond donors (Lipinski definition) is 2. The molecule has 2 N–H and O–H groups in total. The van der Waals surface area contributed by atoms with E-state index < -0.39 is 0 Å². The molecule has 0 aliphatic carbocycles. The summed E-state index contributed by atoms with van der Waals surface area (Å²) in [5, 5.41) is 13.1. The van der Waals surface area contributed by atoms with Gasteiger partial charge in [0, 0.05) is 12.0 Å². The molecule has 0 radical (unpaired) electrons. The molecule has 1 heterocycles. The van der Waals surface area contributed by atoms with Crippen LogP contribution in [0, 0.1) is 13.8 Å². The lowest BCUT2D eigenvalue weighted by molar-refractivity contribution is 0.285. The molecular weight excluding hydrogens is 214 g/mol. The quantitative estimate of drug-likeness (QED) is 0.780. The van der Waals surface area contributed by atoms with Gasteiger partial charge in [-0.05, 0) is 56.1 Å². The highest BCUT2D eigenvalue weighted by Crippen LogP contribution is 2.23. The summed E-state index contributed by atoms with van der Waals surface area (Å²) in [6, 6.07) is 6.32. The summed E-state index contributed by atoms with van der Waals surface area (Å²) in [6.45, 7) is 5.96. The minimum atomic E-state index is 0.228. The summed E-state index contributed by atoms with van der Waals surface area (Å²) in [4.78, 5) is 0. The molecule has 0 saturated carbocycles. The average molecular weight is 233 g/mol. The predicted octanol–water partition coefficient (Wildman–Crippen LogP) is 2.52.